The fourth-order valence-electron chi connectivity index (χ4n) is 1.06. The molecule has 0 aromatic carbocycles. The van der Waals surface area contributed by atoms with Crippen molar-refractivity contribution in [1.29, 1.82) is 0 Å². The number of carbonyl (C=O) groups is 1. The third-order valence-electron chi connectivity index (χ3n) is 2.38. The summed E-state index contributed by atoms with van der Waals surface area (Å²) in [4.78, 5) is 10.8. The zero-order valence-electron chi connectivity index (χ0n) is 11.0. The van der Waals surface area contributed by atoms with Crippen LogP contribution in [0.1, 0.15) is 47.5 Å². The molecule has 0 bridgehead atoms. The summed E-state index contributed by atoms with van der Waals surface area (Å²) in [6.07, 6.45) is 1.66. The lowest BCUT2D eigenvalue weighted by molar-refractivity contribution is -0.163. The first-order valence-corrected chi connectivity index (χ1v) is 5.72. The van der Waals surface area contributed by atoms with Crippen molar-refractivity contribution in [3.8, 4) is 0 Å². The van der Waals surface area contributed by atoms with Gasteiger partial charge in [-0.25, -0.2) is 4.79 Å². The van der Waals surface area contributed by atoms with Crippen LogP contribution in [0.3, 0.4) is 0 Å². The first kappa shape index (κ1) is 15.4. The van der Waals surface area contributed by atoms with E-state index in [1.165, 1.54) is 0 Å². The molecule has 0 aliphatic carbocycles. The first-order valence-electron chi connectivity index (χ1n) is 5.72. The van der Waals surface area contributed by atoms with Crippen molar-refractivity contribution < 1.29 is 19.4 Å². The van der Waals surface area contributed by atoms with Crippen molar-refractivity contribution in [2.45, 2.75) is 58.7 Å². The Labute approximate surface area is 97.9 Å². The fourth-order valence-corrected chi connectivity index (χ4v) is 1.06. The predicted octanol–water partition coefficient (Wildman–Crippen LogP) is 2.46. The molecule has 4 nitrogen and oxygen atoms in total. The zero-order valence-corrected chi connectivity index (χ0v) is 11.0. The second-order valence-electron chi connectivity index (χ2n) is 5.02. The molecule has 0 aliphatic rings. The molecule has 0 saturated heterocycles. The summed E-state index contributed by atoms with van der Waals surface area (Å²) in [5.74, 6) is -0.945. The Balaban J connectivity index is 3.93. The maximum atomic E-state index is 10.8. The van der Waals surface area contributed by atoms with Gasteiger partial charge >= 0.3 is 5.97 Å². The first-order chi connectivity index (χ1) is 7.21. The zero-order chi connectivity index (χ0) is 12.8. The van der Waals surface area contributed by atoms with Gasteiger partial charge in [0.2, 0.25) is 0 Å². The minimum atomic E-state index is -1.12. The number of carboxylic acids is 1. The Morgan fingerprint density at radius 2 is 1.69 bits per heavy atom. The molecule has 1 N–H and O–H groups in total. The van der Waals surface area contributed by atoms with Crippen LogP contribution < -0.4 is 0 Å². The molecular weight excluding hydrogens is 208 g/mol. The van der Waals surface area contributed by atoms with Gasteiger partial charge in [0.05, 0.1) is 12.2 Å². The van der Waals surface area contributed by atoms with E-state index < -0.39 is 11.6 Å². The van der Waals surface area contributed by atoms with E-state index in [9.17, 15) is 4.79 Å². The third-order valence-corrected chi connectivity index (χ3v) is 2.38. The minimum Gasteiger partial charge on any atom is -0.479 e. The highest BCUT2D eigenvalue weighted by atomic mass is 16.5. The van der Waals surface area contributed by atoms with Crippen LogP contribution in [0.4, 0.5) is 0 Å². The summed E-state index contributed by atoms with van der Waals surface area (Å²) in [5.41, 5.74) is -1.38. The lowest BCUT2D eigenvalue weighted by atomic mass is 10.1. The van der Waals surface area contributed by atoms with Gasteiger partial charge in [0.25, 0.3) is 0 Å². The lowest BCUT2D eigenvalue weighted by Crippen LogP contribution is -2.37. The average molecular weight is 232 g/mol. The van der Waals surface area contributed by atoms with Crippen molar-refractivity contribution in [3.05, 3.63) is 0 Å². The van der Waals surface area contributed by atoms with Crippen LogP contribution in [-0.2, 0) is 14.3 Å². The number of carboxylic acid groups (broad SMARTS) is 1. The summed E-state index contributed by atoms with van der Waals surface area (Å²) in [5, 5.41) is 8.86. The van der Waals surface area contributed by atoms with Crippen molar-refractivity contribution >= 4 is 5.97 Å². The Bertz CT molecular complexity index is 221. The number of aliphatic carboxylic acids is 1. The van der Waals surface area contributed by atoms with Gasteiger partial charge in [-0.3, -0.25) is 0 Å². The van der Waals surface area contributed by atoms with Gasteiger partial charge < -0.3 is 14.6 Å². The molecule has 96 valence electrons. The SMILES string of the molecule is CCCOC(C)(C)CCOC(C)(C)C(=O)O. The highest BCUT2D eigenvalue weighted by molar-refractivity contribution is 5.76. The van der Waals surface area contributed by atoms with Gasteiger partial charge in [0, 0.05) is 6.61 Å². The lowest BCUT2D eigenvalue weighted by Gasteiger charge is -2.27. The summed E-state index contributed by atoms with van der Waals surface area (Å²) >= 11 is 0. The van der Waals surface area contributed by atoms with Gasteiger partial charge in [0.15, 0.2) is 5.60 Å². The summed E-state index contributed by atoms with van der Waals surface area (Å²) < 4.78 is 11.0. The van der Waals surface area contributed by atoms with Crippen molar-refractivity contribution in [3.63, 3.8) is 0 Å². The molecule has 0 saturated carbocycles. The smallest absolute Gasteiger partial charge is 0.335 e. The van der Waals surface area contributed by atoms with Crippen LogP contribution in [0.2, 0.25) is 0 Å². The summed E-state index contributed by atoms with van der Waals surface area (Å²) in [6.45, 7) is 10.2. The van der Waals surface area contributed by atoms with Crippen molar-refractivity contribution in [1.82, 2.24) is 0 Å². The van der Waals surface area contributed by atoms with Gasteiger partial charge in [-0.1, -0.05) is 6.92 Å². The Morgan fingerprint density at radius 1 is 1.12 bits per heavy atom. The molecule has 0 aromatic heterocycles. The number of rotatable bonds is 8. The molecule has 0 heterocycles. The van der Waals surface area contributed by atoms with E-state index in [4.69, 9.17) is 14.6 Å². The van der Waals surface area contributed by atoms with Gasteiger partial charge in [-0.05, 0) is 40.5 Å². The van der Waals surface area contributed by atoms with Gasteiger partial charge in [0.1, 0.15) is 0 Å². The normalized spacial score (nSPS) is 12.8. The van der Waals surface area contributed by atoms with Crippen LogP contribution in [0.15, 0.2) is 0 Å². The fraction of sp³-hybridized carbons (Fsp3) is 0.917. The van der Waals surface area contributed by atoms with Gasteiger partial charge in [-0.15, -0.1) is 0 Å². The molecular formula is C12H24O4. The molecule has 16 heavy (non-hydrogen) atoms. The molecule has 0 radical (unpaired) electrons. The van der Waals surface area contributed by atoms with Crippen LogP contribution in [0, 0.1) is 0 Å². The van der Waals surface area contributed by atoms with Crippen LogP contribution in [-0.4, -0.2) is 35.5 Å². The predicted molar refractivity (Wildman–Crippen MR) is 62.6 cm³/mol. The molecule has 0 fully saturated rings. The Morgan fingerprint density at radius 3 is 2.12 bits per heavy atom. The standard InChI is InChI=1S/C12H24O4/c1-6-8-15-11(2,3)7-9-16-12(4,5)10(13)14/h6-9H2,1-5H3,(H,13,14). The van der Waals surface area contributed by atoms with E-state index >= 15 is 0 Å². The van der Waals surface area contributed by atoms with E-state index in [2.05, 4.69) is 6.92 Å². The monoisotopic (exact) mass is 232 g/mol. The van der Waals surface area contributed by atoms with Crippen LogP contribution in [0.25, 0.3) is 0 Å². The highest BCUT2D eigenvalue weighted by Gasteiger charge is 2.29. The minimum absolute atomic E-state index is 0.259. The van der Waals surface area contributed by atoms with E-state index in [1.807, 2.05) is 13.8 Å². The van der Waals surface area contributed by atoms with Crippen molar-refractivity contribution in [2.24, 2.45) is 0 Å². The largest absolute Gasteiger partial charge is 0.479 e. The number of hydrogen-bond donors (Lipinski definition) is 1. The Hall–Kier alpha value is -0.610. The molecule has 0 unspecified atom stereocenters. The summed E-state index contributed by atoms with van der Waals surface area (Å²) in [6, 6.07) is 0. The van der Waals surface area contributed by atoms with Gasteiger partial charge in [-0.2, -0.15) is 0 Å². The van der Waals surface area contributed by atoms with Crippen LogP contribution in [0.5, 0.6) is 0 Å². The van der Waals surface area contributed by atoms with Crippen LogP contribution >= 0.6 is 0 Å². The second kappa shape index (κ2) is 6.21. The molecule has 0 amide bonds. The second-order valence-corrected chi connectivity index (χ2v) is 5.02. The molecule has 0 rings (SSSR count). The molecule has 0 spiro atoms. The number of hydrogen-bond acceptors (Lipinski definition) is 3. The maximum absolute atomic E-state index is 10.8. The molecule has 4 heteroatoms. The number of ether oxygens (including phenoxy) is 2. The van der Waals surface area contributed by atoms with E-state index in [-0.39, 0.29) is 5.60 Å². The summed E-state index contributed by atoms with van der Waals surface area (Å²) in [7, 11) is 0. The third kappa shape index (κ3) is 6.08. The Kier molecular flexibility index (Phi) is 5.97. The molecule has 0 aromatic rings. The van der Waals surface area contributed by atoms with E-state index in [1.54, 1.807) is 13.8 Å². The highest BCUT2D eigenvalue weighted by Crippen LogP contribution is 2.17. The topological polar surface area (TPSA) is 55.8 Å². The molecule has 0 atom stereocenters. The average Bonchev–Trinajstić information content (AvgIpc) is 2.14. The quantitative estimate of drug-likeness (QED) is 0.698. The maximum Gasteiger partial charge on any atom is 0.335 e. The van der Waals surface area contributed by atoms with E-state index in [0.717, 1.165) is 13.0 Å². The molecule has 0 aliphatic heterocycles. The van der Waals surface area contributed by atoms with E-state index in [0.29, 0.717) is 13.0 Å². The van der Waals surface area contributed by atoms with Crippen molar-refractivity contribution in [2.75, 3.05) is 13.2 Å².